The molecule has 0 saturated carbocycles. The second-order valence-corrected chi connectivity index (χ2v) is 7.39. The second kappa shape index (κ2) is 11.3. The number of piperazine rings is 1. The highest BCUT2D eigenvalue weighted by Gasteiger charge is 2.16. The zero-order valence-corrected chi connectivity index (χ0v) is 18.8. The van der Waals surface area contributed by atoms with E-state index in [1.54, 1.807) is 6.07 Å². The van der Waals surface area contributed by atoms with E-state index in [4.69, 9.17) is 4.74 Å². The summed E-state index contributed by atoms with van der Waals surface area (Å²) in [5.74, 6) is 0.808. The van der Waals surface area contributed by atoms with Gasteiger partial charge in [0.05, 0.1) is 12.1 Å². The number of aryl methyl sites for hydroxylation is 1. The molecular formula is C23H29Cl2N3O2. The van der Waals surface area contributed by atoms with Gasteiger partial charge in [-0.1, -0.05) is 18.2 Å². The van der Waals surface area contributed by atoms with Gasteiger partial charge in [0, 0.05) is 55.9 Å². The van der Waals surface area contributed by atoms with Gasteiger partial charge in [-0.25, -0.2) is 0 Å². The van der Waals surface area contributed by atoms with Gasteiger partial charge in [-0.3, -0.25) is 9.69 Å². The van der Waals surface area contributed by atoms with E-state index in [0.29, 0.717) is 6.61 Å². The Labute approximate surface area is 189 Å². The van der Waals surface area contributed by atoms with Crippen molar-refractivity contribution >= 4 is 41.4 Å². The largest absolute Gasteiger partial charge is 0.493 e. The van der Waals surface area contributed by atoms with Crippen molar-refractivity contribution in [2.45, 2.75) is 13.3 Å². The lowest BCUT2D eigenvalue weighted by Gasteiger charge is -2.36. The molecule has 0 bridgehead atoms. The van der Waals surface area contributed by atoms with Crippen LogP contribution in [-0.2, 0) is 0 Å². The molecule has 0 amide bonds. The summed E-state index contributed by atoms with van der Waals surface area (Å²) in [6, 6.07) is 18.2. The molecule has 0 unspecified atom stereocenters. The number of anilines is 1. The molecule has 0 atom stereocenters. The number of rotatable bonds is 6. The molecule has 4 rings (SSSR count). The number of aromatic nitrogens is 1. The predicted molar refractivity (Wildman–Crippen MR) is 129 cm³/mol. The molecule has 1 fully saturated rings. The van der Waals surface area contributed by atoms with Crippen molar-refractivity contribution in [3.63, 3.8) is 0 Å². The minimum Gasteiger partial charge on any atom is -0.493 e. The molecule has 30 heavy (non-hydrogen) atoms. The van der Waals surface area contributed by atoms with Crippen LogP contribution in [0, 0.1) is 6.92 Å². The summed E-state index contributed by atoms with van der Waals surface area (Å²) in [4.78, 5) is 19.5. The Balaban J connectivity index is 0.00000160. The predicted octanol–water partition coefficient (Wildman–Crippen LogP) is 4.27. The molecule has 2 aromatic carbocycles. The molecule has 1 N–H and O–H groups in total. The van der Waals surface area contributed by atoms with Crippen molar-refractivity contribution in [2.24, 2.45) is 0 Å². The van der Waals surface area contributed by atoms with Gasteiger partial charge in [0.2, 0.25) is 5.56 Å². The van der Waals surface area contributed by atoms with Gasteiger partial charge < -0.3 is 14.6 Å². The first-order chi connectivity index (χ1) is 13.7. The normalized spacial score (nSPS) is 14.1. The van der Waals surface area contributed by atoms with Crippen LogP contribution in [-0.4, -0.2) is 49.2 Å². The molecular weight excluding hydrogens is 421 g/mol. The summed E-state index contributed by atoms with van der Waals surface area (Å²) in [6.07, 6.45) is 0.994. The van der Waals surface area contributed by atoms with Crippen LogP contribution in [0.4, 0.5) is 5.69 Å². The minimum absolute atomic E-state index is 0. The Hall–Kier alpha value is -2.21. The highest BCUT2D eigenvalue weighted by Crippen LogP contribution is 2.21. The van der Waals surface area contributed by atoms with Gasteiger partial charge in [0.1, 0.15) is 5.75 Å². The molecule has 2 heterocycles. The van der Waals surface area contributed by atoms with E-state index in [0.717, 1.165) is 61.4 Å². The standard InChI is InChI=1S/C23H27N3O2.2ClH/c1-18-16-23(27)24-22-17-20(8-9-21(18)22)28-15-5-10-25-11-13-26(14-12-25)19-6-3-2-4-7-19;;/h2-4,6-9,16-17H,5,10-15H2,1H3,(H,24,27);2*1H. The molecule has 162 valence electrons. The summed E-state index contributed by atoms with van der Waals surface area (Å²) >= 11 is 0. The average molecular weight is 450 g/mol. The maximum absolute atomic E-state index is 11.7. The lowest BCUT2D eigenvalue weighted by Crippen LogP contribution is -2.46. The van der Waals surface area contributed by atoms with Crippen molar-refractivity contribution in [3.05, 3.63) is 70.5 Å². The number of nitrogens with one attached hydrogen (secondary N) is 1. The highest BCUT2D eigenvalue weighted by atomic mass is 35.5. The lowest BCUT2D eigenvalue weighted by atomic mass is 10.1. The molecule has 0 radical (unpaired) electrons. The van der Waals surface area contributed by atoms with Gasteiger partial charge >= 0.3 is 0 Å². The number of pyridine rings is 1. The highest BCUT2D eigenvalue weighted by molar-refractivity contribution is 5.85. The maximum atomic E-state index is 11.7. The fourth-order valence-corrected chi connectivity index (χ4v) is 3.85. The van der Waals surface area contributed by atoms with Crippen LogP contribution in [0.25, 0.3) is 10.9 Å². The first-order valence-corrected chi connectivity index (χ1v) is 9.98. The smallest absolute Gasteiger partial charge is 0.248 e. The molecule has 1 aliphatic heterocycles. The van der Waals surface area contributed by atoms with E-state index < -0.39 is 0 Å². The van der Waals surface area contributed by atoms with Crippen LogP contribution < -0.4 is 15.2 Å². The summed E-state index contributed by atoms with van der Waals surface area (Å²) in [5, 5.41) is 1.06. The van der Waals surface area contributed by atoms with Crippen molar-refractivity contribution in [2.75, 3.05) is 44.2 Å². The van der Waals surface area contributed by atoms with E-state index in [-0.39, 0.29) is 30.4 Å². The molecule has 7 heteroatoms. The Morgan fingerprint density at radius 3 is 2.43 bits per heavy atom. The fraction of sp³-hybridized carbons (Fsp3) is 0.348. The van der Waals surface area contributed by atoms with Crippen LogP contribution in [0.15, 0.2) is 59.4 Å². The topological polar surface area (TPSA) is 48.6 Å². The average Bonchev–Trinajstić information content (AvgIpc) is 2.72. The Kier molecular flexibility index (Phi) is 9.03. The first kappa shape index (κ1) is 24.1. The summed E-state index contributed by atoms with van der Waals surface area (Å²) in [6.45, 7) is 8.00. The molecule has 5 nitrogen and oxygen atoms in total. The first-order valence-electron chi connectivity index (χ1n) is 9.98. The quantitative estimate of drug-likeness (QED) is 0.570. The monoisotopic (exact) mass is 449 g/mol. The Bertz CT molecular complexity index is 987. The van der Waals surface area contributed by atoms with Crippen LogP contribution >= 0.6 is 24.8 Å². The third-order valence-electron chi connectivity index (χ3n) is 5.40. The number of ether oxygens (including phenoxy) is 1. The van der Waals surface area contributed by atoms with E-state index in [2.05, 4.69) is 45.1 Å². The van der Waals surface area contributed by atoms with Crippen LogP contribution in [0.3, 0.4) is 0 Å². The van der Waals surface area contributed by atoms with Crippen molar-refractivity contribution in [1.82, 2.24) is 9.88 Å². The van der Waals surface area contributed by atoms with Crippen molar-refractivity contribution in [3.8, 4) is 5.75 Å². The number of H-pyrrole nitrogens is 1. The van der Waals surface area contributed by atoms with E-state index >= 15 is 0 Å². The number of fused-ring (bicyclic) bond motifs is 1. The third kappa shape index (κ3) is 5.91. The number of hydrogen-bond donors (Lipinski definition) is 1. The zero-order chi connectivity index (χ0) is 19.3. The molecule has 1 aliphatic rings. The van der Waals surface area contributed by atoms with Gasteiger partial charge in [-0.05, 0) is 43.2 Å². The Morgan fingerprint density at radius 2 is 1.70 bits per heavy atom. The zero-order valence-electron chi connectivity index (χ0n) is 17.2. The molecule has 1 saturated heterocycles. The van der Waals surface area contributed by atoms with E-state index in [9.17, 15) is 4.79 Å². The molecule has 3 aromatic rings. The number of halogens is 2. The minimum atomic E-state index is -0.0724. The number of hydrogen-bond acceptors (Lipinski definition) is 4. The second-order valence-electron chi connectivity index (χ2n) is 7.39. The van der Waals surface area contributed by atoms with Crippen LogP contribution in [0.1, 0.15) is 12.0 Å². The Morgan fingerprint density at radius 1 is 0.967 bits per heavy atom. The van der Waals surface area contributed by atoms with Crippen molar-refractivity contribution < 1.29 is 4.74 Å². The SMILES string of the molecule is Cc1cc(=O)[nH]c2cc(OCCCN3CCN(c4ccccc4)CC3)ccc12.Cl.Cl. The van der Waals surface area contributed by atoms with E-state index in [1.807, 2.05) is 25.1 Å². The fourth-order valence-electron chi connectivity index (χ4n) is 3.85. The van der Waals surface area contributed by atoms with Crippen LogP contribution in [0.5, 0.6) is 5.75 Å². The number of para-hydroxylation sites is 1. The van der Waals surface area contributed by atoms with E-state index in [1.165, 1.54) is 5.69 Å². The van der Waals surface area contributed by atoms with Crippen molar-refractivity contribution in [1.29, 1.82) is 0 Å². The molecule has 1 aromatic heterocycles. The number of nitrogens with zero attached hydrogens (tertiary/aromatic N) is 2. The maximum Gasteiger partial charge on any atom is 0.248 e. The van der Waals surface area contributed by atoms with Gasteiger partial charge in [-0.2, -0.15) is 0 Å². The molecule has 0 spiro atoms. The summed E-state index contributed by atoms with van der Waals surface area (Å²) in [7, 11) is 0. The molecule has 0 aliphatic carbocycles. The van der Waals surface area contributed by atoms with Gasteiger partial charge in [0.15, 0.2) is 0 Å². The van der Waals surface area contributed by atoms with Gasteiger partial charge in [-0.15, -0.1) is 24.8 Å². The number of aromatic amines is 1. The number of benzene rings is 2. The van der Waals surface area contributed by atoms with Crippen LogP contribution in [0.2, 0.25) is 0 Å². The summed E-state index contributed by atoms with van der Waals surface area (Å²) in [5.41, 5.74) is 3.06. The lowest BCUT2D eigenvalue weighted by molar-refractivity contribution is 0.225. The third-order valence-corrected chi connectivity index (χ3v) is 5.40. The van der Waals surface area contributed by atoms with Gasteiger partial charge in [0.25, 0.3) is 0 Å². The summed E-state index contributed by atoms with van der Waals surface area (Å²) < 4.78 is 5.92.